The van der Waals surface area contributed by atoms with Crippen LogP contribution in [0.3, 0.4) is 0 Å². The summed E-state index contributed by atoms with van der Waals surface area (Å²) in [6.45, 7) is 3.84. The summed E-state index contributed by atoms with van der Waals surface area (Å²) in [5.41, 5.74) is 8.09. The molecule has 0 atom stereocenters. The zero-order valence-electron chi connectivity index (χ0n) is 14.0. The van der Waals surface area contributed by atoms with Gasteiger partial charge >= 0.3 is 0 Å². The molecule has 2 rings (SSSR count). The maximum absolute atomic E-state index is 11.7. The Labute approximate surface area is 142 Å². The van der Waals surface area contributed by atoms with Crippen LogP contribution in [0.2, 0.25) is 0 Å². The first-order valence-corrected chi connectivity index (χ1v) is 7.86. The molecule has 0 aromatic heterocycles. The molecule has 2 N–H and O–H groups in total. The smallest absolute Gasteiger partial charge is 0.276 e. The SMILES string of the molecule is Cc1ccc(OCC(=O)NNC(=O)CCc2ccccc2)cc1C. The summed E-state index contributed by atoms with van der Waals surface area (Å²) in [5, 5.41) is 0. The summed E-state index contributed by atoms with van der Waals surface area (Å²) < 4.78 is 5.40. The van der Waals surface area contributed by atoms with Crippen molar-refractivity contribution in [2.24, 2.45) is 0 Å². The lowest BCUT2D eigenvalue weighted by molar-refractivity contribution is -0.130. The molecule has 0 spiro atoms. The minimum atomic E-state index is -0.402. The van der Waals surface area contributed by atoms with Crippen molar-refractivity contribution in [3.8, 4) is 5.75 Å². The van der Waals surface area contributed by atoms with Crippen molar-refractivity contribution in [3.63, 3.8) is 0 Å². The number of hydrogen-bond donors (Lipinski definition) is 2. The molecule has 0 aliphatic rings. The molecule has 5 heteroatoms. The van der Waals surface area contributed by atoms with E-state index in [-0.39, 0.29) is 12.5 Å². The van der Waals surface area contributed by atoms with Crippen LogP contribution in [0.4, 0.5) is 0 Å². The highest BCUT2D eigenvalue weighted by Gasteiger charge is 2.06. The van der Waals surface area contributed by atoms with Crippen LogP contribution in [0.15, 0.2) is 48.5 Å². The number of benzene rings is 2. The Morgan fingerprint density at radius 2 is 1.62 bits per heavy atom. The zero-order chi connectivity index (χ0) is 17.4. The number of rotatable bonds is 6. The van der Waals surface area contributed by atoms with Crippen molar-refractivity contribution >= 4 is 11.8 Å². The van der Waals surface area contributed by atoms with Gasteiger partial charge in [-0.05, 0) is 49.1 Å². The summed E-state index contributed by atoms with van der Waals surface area (Å²) in [7, 11) is 0. The van der Waals surface area contributed by atoms with E-state index in [4.69, 9.17) is 4.74 Å². The number of hydrazine groups is 1. The molecular formula is C19H22N2O3. The van der Waals surface area contributed by atoms with Gasteiger partial charge in [-0.25, -0.2) is 0 Å². The fourth-order valence-corrected chi connectivity index (χ4v) is 2.09. The van der Waals surface area contributed by atoms with Crippen LogP contribution < -0.4 is 15.6 Å². The largest absolute Gasteiger partial charge is 0.484 e. The number of hydrogen-bond acceptors (Lipinski definition) is 3. The number of carbonyl (C=O) groups excluding carboxylic acids is 2. The molecule has 5 nitrogen and oxygen atoms in total. The van der Waals surface area contributed by atoms with Crippen LogP contribution in [-0.4, -0.2) is 18.4 Å². The topological polar surface area (TPSA) is 67.4 Å². The second-order valence-corrected chi connectivity index (χ2v) is 5.62. The predicted octanol–water partition coefficient (Wildman–Crippen LogP) is 2.46. The van der Waals surface area contributed by atoms with E-state index in [1.807, 2.05) is 62.4 Å². The van der Waals surface area contributed by atoms with Crippen molar-refractivity contribution in [1.29, 1.82) is 0 Å². The third-order valence-corrected chi connectivity index (χ3v) is 3.67. The van der Waals surface area contributed by atoms with Gasteiger partial charge in [0.05, 0.1) is 0 Å². The molecule has 2 aromatic carbocycles. The molecule has 0 heterocycles. The second kappa shape index (κ2) is 8.72. The Balaban J connectivity index is 1.67. The van der Waals surface area contributed by atoms with Crippen LogP contribution in [0.5, 0.6) is 5.75 Å². The van der Waals surface area contributed by atoms with Crippen LogP contribution in [0, 0.1) is 13.8 Å². The Morgan fingerprint density at radius 1 is 0.917 bits per heavy atom. The highest BCUT2D eigenvalue weighted by Crippen LogP contribution is 2.16. The van der Waals surface area contributed by atoms with Gasteiger partial charge in [0.2, 0.25) is 5.91 Å². The summed E-state index contributed by atoms with van der Waals surface area (Å²) >= 11 is 0. The maximum Gasteiger partial charge on any atom is 0.276 e. The number of aryl methyl sites for hydroxylation is 3. The summed E-state index contributed by atoms with van der Waals surface area (Å²) in [6, 6.07) is 15.3. The summed E-state index contributed by atoms with van der Waals surface area (Å²) in [4.78, 5) is 23.4. The summed E-state index contributed by atoms with van der Waals surface area (Å²) in [5.74, 6) is -0.0108. The van der Waals surface area contributed by atoms with E-state index >= 15 is 0 Å². The van der Waals surface area contributed by atoms with E-state index in [1.54, 1.807) is 0 Å². The van der Waals surface area contributed by atoms with Crippen molar-refractivity contribution in [1.82, 2.24) is 10.9 Å². The highest BCUT2D eigenvalue weighted by atomic mass is 16.5. The first kappa shape index (κ1) is 17.5. The van der Waals surface area contributed by atoms with Gasteiger partial charge in [0.25, 0.3) is 5.91 Å². The standard InChI is InChI=1S/C19H22N2O3/c1-14-8-10-17(12-15(14)2)24-13-19(23)21-20-18(22)11-9-16-6-4-3-5-7-16/h3-8,10,12H,9,11,13H2,1-2H3,(H,20,22)(H,21,23). The zero-order valence-corrected chi connectivity index (χ0v) is 14.0. The Hall–Kier alpha value is -2.82. The number of ether oxygens (including phenoxy) is 1. The van der Waals surface area contributed by atoms with Gasteiger partial charge < -0.3 is 4.74 Å². The van der Waals surface area contributed by atoms with E-state index in [0.29, 0.717) is 18.6 Å². The number of nitrogens with one attached hydrogen (secondary N) is 2. The predicted molar refractivity (Wildman–Crippen MR) is 92.5 cm³/mol. The van der Waals surface area contributed by atoms with Crippen molar-refractivity contribution in [3.05, 3.63) is 65.2 Å². The molecule has 0 radical (unpaired) electrons. The fourth-order valence-electron chi connectivity index (χ4n) is 2.09. The van der Waals surface area contributed by atoms with Crippen LogP contribution >= 0.6 is 0 Å². The molecule has 24 heavy (non-hydrogen) atoms. The Morgan fingerprint density at radius 3 is 2.33 bits per heavy atom. The molecule has 0 saturated carbocycles. The molecule has 126 valence electrons. The lowest BCUT2D eigenvalue weighted by Crippen LogP contribution is -2.43. The average Bonchev–Trinajstić information content (AvgIpc) is 2.60. The van der Waals surface area contributed by atoms with Gasteiger partial charge in [-0.1, -0.05) is 36.4 Å². The van der Waals surface area contributed by atoms with Crippen molar-refractivity contribution in [2.45, 2.75) is 26.7 Å². The van der Waals surface area contributed by atoms with Crippen LogP contribution in [0.1, 0.15) is 23.1 Å². The number of amides is 2. The van der Waals surface area contributed by atoms with E-state index in [0.717, 1.165) is 16.7 Å². The fraction of sp³-hybridized carbons (Fsp3) is 0.263. The molecule has 2 aromatic rings. The van der Waals surface area contributed by atoms with Gasteiger partial charge in [-0.15, -0.1) is 0 Å². The van der Waals surface area contributed by atoms with E-state index in [1.165, 1.54) is 0 Å². The molecule has 0 bridgehead atoms. The van der Waals surface area contributed by atoms with Crippen molar-refractivity contribution in [2.75, 3.05) is 6.61 Å². The van der Waals surface area contributed by atoms with E-state index < -0.39 is 5.91 Å². The van der Waals surface area contributed by atoms with Gasteiger partial charge in [0, 0.05) is 6.42 Å². The first-order chi connectivity index (χ1) is 11.5. The summed E-state index contributed by atoms with van der Waals surface area (Å²) in [6.07, 6.45) is 0.935. The third kappa shape index (κ3) is 5.76. The number of carbonyl (C=O) groups is 2. The average molecular weight is 326 g/mol. The van der Waals surface area contributed by atoms with Gasteiger partial charge in [-0.3, -0.25) is 20.4 Å². The lowest BCUT2D eigenvalue weighted by atomic mass is 10.1. The molecule has 0 unspecified atom stereocenters. The Bertz CT molecular complexity index is 699. The second-order valence-electron chi connectivity index (χ2n) is 5.62. The lowest BCUT2D eigenvalue weighted by Gasteiger charge is -2.10. The normalized spacial score (nSPS) is 10.1. The van der Waals surface area contributed by atoms with Crippen LogP contribution in [-0.2, 0) is 16.0 Å². The van der Waals surface area contributed by atoms with E-state index in [2.05, 4.69) is 10.9 Å². The van der Waals surface area contributed by atoms with Gasteiger partial charge in [-0.2, -0.15) is 0 Å². The molecule has 0 aliphatic carbocycles. The monoisotopic (exact) mass is 326 g/mol. The molecule has 0 saturated heterocycles. The third-order valence-electron chi connectivity index (χ3n) is 3.67. The van der Waals surface area contributed by atoms with Crippen LogP contribution in [0.25, 0.3) is 0 Å². The van der Waals surface area contributed by atoms with Crippen molar-refractivity contribution < 1.29 is 14.3 Å². The van der Waals surface area contributed by atoms with E-state index in [9.17, 15) is 9.59 Å². The minimum absolute atomic E-state index is 0.151. The first-order valence-electron chi connectivity index (χ1n) is 7.86. The van der Waals surface area contributed by atoms with Gasteiger partial charge in [0.1, 0.15) is 5.75 Å². The highest BCUT2D eigenvalue weighted by molar-refractivity contribution is 5.82. The maximum atomic E-state index is 11.7. The minimum Gasteiger partial charge on any atom is -0.484 e. The van der Waals surface area contributed by atoms with Gasteiger partial charge in [0.15, 0.2) is 6.61 Å². The quantitative estimate of drug-likeness (QED) is 0.801. The molecule has 0 fully saturated rings. The Kier molecular flexibility index (Phi) is 6.37. The molecule has 2 amide bonds. The molecular weight excluding hydrogens is 304 g/mol. The molecule has 0 aliphatic heterocycles.